The molecule has 1 heterocycles. The molecule has 0 aromatic heterocycles. The van der Waals surface area contributed by atoms with Gasteiger partial charge in [-0.3, -0.25) is 14.5 Å². The number of rotatable bonds is 5. The lowest BCUT2D eigenvalue weighted by molar-refractivity contribution is -0.125. The van der Waals surface area contributed by atoms with Crippen molar-refractivity contribution >= 4 is 33.4 Å². The second-order valence-electron chi connectivity index (χ2n) is 6.24. The van der Waals surface area contributed by atoms with Crippen molar-refractivity contribution < 1.29 is 14.3 Å². The Morgan fingerprint density at radius 2 is 1.92 bits per heavy atom. The first-order valence-electron chi connectivity index (χ1n) is 8.23. The molecule has 2 aromatic rings. The van der Waals surface area contributed by atoms with Gasteiger partial charge in [-0.15, -0.1) is 0 Å². The third-order valence-corrected chi connectivity index (χ3v) is 4.97. The minimum absolute atomic E-state index is 0.110. The summed E-state index contributed by atoms with van der Waals surface area (Å²) in [6.45, 7) is 0.952. The molecule has 0 radical (unpaired) electrons. The van der Waals surface area contributed by atoms with Crippen LogP contribution in [-0.2, 0) is 16.1 Å². The summed E-state index contributed by atoms with van der Waals surface area (Å²) in [7, 11) is 1.88. The first-order valence-corrected chi connectivity index (χ1v) is 9.02. The number of para-hydroxylation sites is 2. The monoisotopic (exact) mass is 417 g/mol. The van der Waals surface area contributed by atoms with Gasteiger partial charge in [-0.25, -0.2) is 0 Å². The number of fused-ring (bicyclic) bond motifs is 1. The number of hydrogen-bond donors (Lipinski definition) is 1. The van der Waals surface area contributed by atoms with Crippen LogP contribution < -0.4 is 15.4 Å². The molecule has 0 fully saturated rings. The second-order valence-corrected chi connectivity index (χ2v) is 7.10. The number of anilines is 1. The summed E-state index contributed by atoms with van der Waals surface area (Å²) >= 11 is 3.52. The molecule has 2 amide bonds. The maximum Gasteiger partial charge on any atom is 0.260 e. The van der Waals surface area contributed by atoms with E-state index in [-0.39, 0.29) is 19.0 Å². The fraction of sp³-hybridized carbons (Fsp3) is 0.263. The molecule has 2 aromatic carbocycles. The van der Waals surface area contributed by atoms with Gasteiger partial charge in [0, 0.05) is 11.0 Å². The van der Waals surface area contributed by atoms with Crippen LogP contribution in [0.2, 0.25) is 0 Å². The highest BCUT2D eigenvalue weighted by Crippen LogP contribution is 2.33. The molecule has 7 heteroatoms. The summed E-state index contributed by atoms with van der Waals surface area (Å²) in [5.74, 6) is -0.204. The molecule has 136 valence electrons. The number of ether oxygens (including phenoxy) is 1. The number of carbonyl (C=O) groups is 2. The predicted molar refractivity (Wildman–Crippen MR) is 103 cm³/mol. The Morgan fingerprint density at radius 3 is 2.65 bits per heavy atom. The largest absolute Gasteiger partial charge is 0.477 e. The molecule has 26 heavy (non-hydrogen) atoms. The van der Waals surface area contributed by atoms with Gasteiger partial charge in [0.15, 0.2) is 6.10 Å². The number of carbonyl (C=O) groups excluding carboxylic acids is 2. The van der Waals surface area contributed by atoms with Gasteiger partial charge >= 0.3 is 0 Å². The number of benzene rings is 2. The van der Waals surface area contributed by atoms with Gasteiger partial charge in [0.05, 0.1) is 18.8 Å². The average Bonchev–Trinajstić information content (AvgIpc) is 2.62. The van der Waals surface area contributed by atoms with Crippen molar-refractivity contribution in [2.45, 2.75) is 12.6 Å². The number of nitrogens with two attached hydrogens (primary N) is 1. The van der Waals surface area contributed by atoms with Gasteiger partial charge in [0.2, 0.25) is 5.91 Å². The first kappa shape index (κ1) is 18.4. The van der Waals surface area contributed by atoms with Crippen molar-refractivity contribution in [2.75, 3.05) is 25.0 Å². The Morgan fingerprint density at radius 1 is 1.23 bits per heavy atom. The second kappa shape index (κ2) is 7.88. The van der Waals surface area contributed by atoms with E-state index in [1.165, 1.54) is 0 Å². The van der Waals surface area contributed by atoms with Gasteiger partial charge < -0.3 is 15.4 Å². The normalized spacial score (nSPS) is 16.1. The summed E-state index contributed by atoms with van der Waals surface area (Å²) in [6, 6.07) is 15.1. The Labute approximate surface area is 160 Å². The zero-order valence-corrected chi connectivity index (χ0v) is 16.0. The van der Waals surface area contributed by atoms with E-state index in [0.717, 1.165) is 10.0 Å². The van der Waals surface area contributed by atoms with Gasteiger partial charge in [0.25, 0.3) is 5.91 Å². The third-order valence-electron chi connectivity index (χ3n) is 4.20. The maximum atomic E-state index is 12.9. The van der Waals surface area contributed by atoms with Crippen molar-refractivity contribution in [3.63, 3.8) is 0 Å². The zero-order valence-electron chi connectivity index (χ0n) is 14.4. The van der Waals surface area contributed by atoms with Gasteiger partial charge in [0.1, 0.15) is 5.75 Å². The van der Waals surface area contributed by atoms with Crippen LogP contribution in [0.4, 0.5) is 5.69 Å². The van der Waals surface area contributed by atoms with Crippen LogP contribution in [0, 0.1) is 0 Å². The molecular weight excluding hydrogens is 398 g/mol. The van der Waals surface area contributed by atoms with Crippen LogP contribution in [0.3, 0.4) is 0 Å². The minimum atomic E-state index is -0.845. The lowest BCUT2D eigenvalue weighted by Crippen LogP contribution is -2.51. The number of halogens is 1. The fourth-order valence-corrected chi connectivity index (χ4v) is 3.32. The van der Waals surface area contributed by atoms with E-state index in [0.29, 0.717) is 18.0 Å². The Bertz CT molecular complexity index is 827. The molecule has 0 spiro atoms. The van der Waals surface area contributed by atoms with Crippen LogP contribution in [0.25, 0.3) is 0 Å². The van der Waals surface area contributed by atoms with Crippen molar-refractivity contribution in [2.24, 2.45) is 5.73 Å². The highest BCUT2D eigenvalue weighted by atomic mass is 79.9. The van der Waals surface area contributed by atoms with E-state index in [1.807, 2.05) is 42.3 Å². The van der Waals surface area contributed by atoms with Crippen LogP contribution in [0.15, 0.2) is 53.0 Å². The summed E-state index contributed by atoms with van der Waals surface area (Å²) in [5.41, 5.74) is 7.14. The lowest BCUT2D eigenvalue weighted by Gasteiger charge is -2.34. The molecule has 6 nitrogen and oxygen atoms in total. The molecule has 0 saturated heterocycles. The molecule has 2 N–H and O–H groups in total. The molecule has 0 bridgehead atoms. The maximum absolute atomic E-state index is 12.9. The number of primary amides is 1. The Hall–Kier alpha value is -2.38. The predicted octanol–water partition coefficient (Wildman–Crippen LogP) is 2.16. The highest BCUT2D eigenvalue weighted by molar-refractivity contribution is 9.10. The Balaban J connectivity index is 1.74. The third kappa shape index (κ3) is 4.05. The van der Waals surface area contributed by atoms with Gasteiger partial charge in [-0.2, -0.15) is 0 Å². The van der Waals surface area contributed by atoms with Crippen LogP contribution >= 0.6 is 15.9 Å². The molecule has 1 aliphatic heterocycles. The van der Waals surface area contributed by atoms with Crippen molar-refractivity contribution in [3.8, 4) is 5.75 Å². The SMILES string of the molecule is CN(CC(=O)N1C[C@H](C(N)=O)Oc2ccccc21)Cc1ccccc1Br. The van der Waals surface area contributed by atoms with E-state index in [2.05, 4.69) is 15.9 Å². The summed E-state index contributed by atoms with van der Waals surface area (Å²) in [5, 5.41) is 0. The molecule has 0 unspecified atom stereocenters. The Kier molecular flexibility index (Phi) is 5.58. The number of likely N-dealkylation sites (N-methyl/N-ethyl adjacent to an activating group) is 1. The van der Waals surface area contributed by atoms with Crippen molar-refractivity contribution in [1.29, 1.82) is 0 Å². The smallest absolute Gasteiger partial charge is 0.260 e. The molecule has 1 atom stereocenters. The molecule has 1 aliphatic rings. The zero-order chi connectivity index (χ0) is 18.7. The summed E-state index contributed by atoms with van der Waals surface area (Å²) in [6.07, 6.45) is -0.845. The lowest BCUT2D eigenvalue weighted by atomic mass is 10.1. The van der Waals surface area contributed by atoms with E-state index in [9.17, 15) is 9.59 Å². The van der Waals surface area contributed by atoms with Crippen LogP contribution in [0.1, 0.15) is 5.56 Å². The topological polar surface area (TPSA) is 75.9 Å². The first-order chi connectivity index (χ1) is 12.5. The minimum Gasteiger partial charge on any atom is -0.477 e. The van der Waals surface area contributed by atoms with E-state index in [1.54, 1.807) is 23.1 Å². The molecular formula is C19H20BrN3O3. The van der Waals surface area contributed by atoms with Crippen molar-refractivity contribution in [3.05, 3.63) is 58.6 Å². The van der Waals surface area contributed by atoms with Gasteiger partial charge in [-0.1, -0.05) is 46.3 Å². The molecule has 3 rings (SSSR count). The van der Waals surface area contributed by atoms with Crippen LogP contribution in [-0.4, -0.2) is 43.0 Å². The number of amides is 2. The summed E-state index contributed by atoms with van der Waals surface area (Å²) < 4.78 is 6.61. The quantitative estimate of drug-likeness (QED) is 0.808. The highest BCUT2D eigenvalue weighted by Gasteiger charge is 2.32. The number of nitrogens with zero attached hydrogens (tertiary/aromatic N) is 2. The van der Waals surface area contributed by atoms with E-state index < -0.39 is 12.0 Å². The molecule has 0 saturated carbocycles. The molecule has 0 aliphatic carbocycles. The van der Waals surface area contributed by atoms with Gasteiger partial charge in [-0.05, 0) is 30.8 Å². The van der Waals surface area contributed by atoms with E-state index in [4.69, 9.17) is 10.5 Å². The average molecular weight is 418 g/mol. The standard InChI is InChI=1S/C19H20BrN3O3/c1-22(10-13-6-2-3-7-14(13)20)12-18(24)23-11-17(19(21)25)26-16-9-5-4-8-15(16)23/h2-9,17H,10-12H2,1H3,(H2,21,25)/t17-/m1/s1. The van der Waals surface area contributed by atoms with E-state index >= 15 is 0 Å². The fourth-order valence-electron chi connectivity index (χ4n) is 2.91. The van der Waals surface area contributed by atoms with Crippen LogP contribution in [0.5, 0.6) is 5.75 Å². The van der Waals surface area contributed by atoms with Crippen molar-refractivity contribution in [1.82, 2.24) is 4.90 Å². The number of hydrogen-bond acceptors (Lipinski definition) is 4. The summed E-state index contributed by atoms with van der Waals surface area (Å²) in [4.78, 5) is 28.0.